The van der Waals surface area contributed by atoms with Crippen LogP contribution in [0.2, 0.25) is 0 Å². The smallest absolute Gasteiger partial charge is 0.377 e. The van der Waals surface area contributed by atoms with Crippen LogP contribution >= 0.6 is 0 Å². The second-order valence-electron chi connectivity index (χ2n) is 10.6. The number of hydrogen-bond acceptors (Lipinski definition) is 4. The van der Waals surface area contributed by atoms with Crippen LogP contribution in [0.25, 0.3) is 11.3 Å². The third kappa shape index (κ3) is 7.29. The Balaban J connectivity index is 2.21. The summed E-state index contributed by atoms with van der Waals surface area (Å²) in [6.45, 7) is 5.75. The molecule has 0 radical (unpaired) electrons. The fraction of sp³-hybridized carbons (Fsp3) is 0.448. The fourth-order valence-electron chi connectivity index (χ4n) is 4.82. The Labute approximate surface area is 221 Å². The van der Waals surface area contributed by atoms with Crippen molar-refractivity contribution in [2.45, 2.75) is 52.0 Å². The Morgan fingerprint density at radius 3 is 2.34 bits per heavy atom. The van der Waals surface area contributed by atoms with E-state index in [9.17, 15) is 22.4 Å². The number of nitrogens with zero attached hydrogens (tertiary/aromatic N) is 2. The molecule has 0 aliphatic rings. The average molecular weight is 534 g/mol. The van der Waals surface area contributed by atoms with Gasteiger partial charge in [-0.15, -0.1) is 0 Å². The third-order valence-corrected chi connectivity index (χ3v) is 6.57. The highest BCUT2D eigenvalue weighted by Gasteiger charge is 2.41. The molecule has 0 saturated heterocycles. The maximum absolute atomic E-state index is 14.7. The maximum atomic E-state index is 14.7. The van der Waals surface area contributed by atoms with Crippen molar-refractivity contribution in [3.63, 3.8) is 0 Å². The van der Waals surface area contributed by atoms with Crippen LogP contribution < -0.4 is 5.73 Å². The molecule has 1 aromatic heterocycles. The van der Waals surface area contributed by atoms with Gasteiger partial charge in [0, 0.05) is 43.8 Å². The van der Waals surface area contributed by atoms with Crippen molar-refractivity contribution in [2.75, 3.05) is 20.3 Å². The van der Waals surface area contributed by atoms with Crippen molar-refractivity contribution in [2.24, 2.45) is 17.1 Å². The number of methoxy groups -OCH3 is 1. The normalized spacial score (nSPS) is 14.8. The van der Waals surface area contributed by atoms with Crippen molar-refractivity contribution in [3.05, 3.63) is 77.7 Å². The predicted octanol–water partition coefficient (Wildman–Crippen LogP) is 6.27. The van der Waals surface area contributed by atoms with Gasteiger partial charge >= 0.3 is 6.18 Å². The van der Waals surface area contributed by atoms with Crippen LogP contribution in [0.1, 0.15) is 50.1 Å². The van der Waals surface area contributed by atoms with Crippen molar-refractivity contribution >= 4 is 5.78 Å². The summed E-state index contributed by atoms with van der Waals surface area (Å²) in [6.07, 6.45) is -4.33. The summed E-state index contributed by atoms with van der Waals surface area (Å²) in [4.78, 5) is 18.1. The molecule has 1 heterocycles. The van der Waals surface area contributed by atoms with Crippen LogP contribution in [0.3, 0.4) is 0 Å². The highest BCUT2D eigenvalue weighted by Crippen LogP contribution is 2.44. The molecule has 1 unspecified atom stereocenters. The molecule has 0 saturated carbocycles. The SMILES string of the molecule is COCC(=O)[C@H](C[C@H](F)CN)C(c1nc(-c2cccc(C(F)(F)F)c2)cn1Cc1ccccc1)C(C)(C)C. The number of ether oxygens (including phenoxy) is 1. The van der Waals surface area contributed by atoms with Crippen molar-refractivity contribution in [1.29, 1.82) is 0 Å². The first kappa shape index (κ1) is 29.5. The Morgan fingerprint density at radius 2 is 1.76 bits per heavy atom. The zero-order chi connectivity index (χ0) is 28.1. The third-order valence-electron chi connectivity index (χ3n) is 6.57. The number of halogens is 4. The van der Waals surface area contributed by atoms with Crippen LogP contribution in [0.15, 0.2) is 60.8 Å². The number of Topliss-reactive ketones (excluding diaryl/α,β-unsaturated/α-hetero) is 1. The molecule has 38 heavy (non-hydrogen) atoms. The summed E-state index contributed by atoms with van der Waals surface area (Å²) in [5.74, 6) is -1.16. The molecule has 0 aliphatic heterocycles. The van der Waals surface area contributed by atoms with Gasteiger partial charge in [-0.1, -0.05) is 63.2 Å². The summed E-state index contributed by atoms with van der Waals surface area (Å²) in [5.41, 5.74) is 5.81. The van der Waals surface area contributed by atoms with E-state index in [0.29, 0.717) is 23.6 Å². The molecule has 5 nitrogen and oxygen atoms in total. The van der Waals surface area contributed by atoms with Gasteiger partial charge in [0.15, 0.2) is 5.78 Å². The van der Waals surface area contributed by atoms with Gasteiger partial charge in [0.05, 0.1) is 11.3 Å². The number of carbonyl (C=O) groups excluding carboxylic acids is 1. The first-order chi connectivity index (χ1) is 17.8. The van der Waals surface area contributed by atoms with E-state index >= 15 is 0 Å². The fourth-order valence-corrected chi connectivity index (χ4v) is 4.82. The molecule has 9 heteroatoms. The lowest BCUT2D eigenvalue weighted by Crippen LogP contribution is -2.37. The summed E-state index contributed by atoms with van der Waals surface area (Å²) in [5, 5.41) is 0. The summed E-state index contributed by atoms with van der Waals surface area (Å²) in [6, 6.07) is 14.5. The van der Waals surface area contributed by atoms with E-state index in [1.807, 2.05) is 55.7 Å². The van der Waals surface area contributed by atoms with Crippen LogP contribution in [-0.4, -0.2) is 41.8 Å². The molecule has 2 aromatic carbocycles. The minimum atomic E-state index is -4.50. The maximum Gasteiger partial charge on any atom is 0.416 e. The van der Waals surface area contributed by atoms with E-state index in [-0.39, 0.29) is 25.4 Å². The van der Waals surface area contributed by atoms with Gasteiger partial charge in [-0.2, -0.15) is 13.2 Å². The minimum absolute atomic E-state index is 0.113. The average Bonchev–Trinajstić information content (AvgIpc) is 3.26. The number of alkyl halides is 4. The number of ketones is 1. The molecule has 0 amide bonds. The first-order valence-corrected chi connectivity index (χ1v) is 12.5. The lowest BCUT2D eigenvalue weighted by atomic mass is 9.69. The standard InChI is InChI=1S/C29H35F4N3O2/c1-28(2,3)26(23(14-22(30)15-34)25(37)18-38-4)27-35-24(17-36(27)16-19-9-6-5-7-10-19)20-11-8-12-21(13-20)29(31,32)33/h5-13,17,22-23,26H,14-16,18,34H2,1-4H3/t22-,23-,26?/m0/s1. The summed E-state index contributed by atoms with van der Waals surface area (Å²) < 4.78 is 62.0. The molecular weight excluding hydrogens is 498 g/mol. The number of benzene rings is 2. The van der Waals surface area contributed by atoms with Gasteiger partial charge < -0.3 is 15.0 Å². The molecule has 3 rings (SSSR count). The number of aromatic nitrogens is 2. The van der Waals surface area contributed by atoms with E-state index in [4.69, 9.17) is 15.5 Å². The van der Waals surface area contributed by atoms with Crippen molar-refractivity contribution in [1.82, 2.24) is 9.55 Å². The molecule has 2 N–H and O–H groups in total. The Kier molecular flexibility index (Phi) is 9.49. The summed E-state index contributed by atoms with van der Waals surface area (Å²) in [7, 11) is 1.40. The highest BCUT2D eigenvalue weighted by atomic mass is 19.4. The zero-order valence-electron chi connectivity index (χ0n) is 22.1. The van der Waals surface area contributed by atoms with Gasteiger partial charge in [0.1, 0.15) is 18.6 Å². The number of nitrogens with two attached hydrogens (primary N) is 1. The zero-order valence-corrected chi connectivity index (χ0v) is 22.1. The molecular formula is C29H35F4N3O2. The lowest BCUT2D eigenvalue weighted by molar-refractivity contribution is -0.137. The van der Waals surface area contributed by atoms with E-state index in [1.165, 1.54) is 13.2 Å². The van der Waals surface area contributed by atoms with Crippen LogP contribution in [0.5, 0.6) is 0 Å². The molecule has 3 atom stereocenters. The van der Waals surface area contributed by atoms with Crippen LogP contribution in [-0.2, 0) is 22.3 Å². The Hall–Kier alpha value is -3.04. The molecule has 206 valence electrons. The molecule has 3 aromatic rings. The monoisotopic (exact) mass is 533 g/mol. The number of imidazole rings is 1. The summed E-state index contributed by atoms with van der Waals surface area (Å²) >= 11 is 0. The largest absolute Gasteiger partial charge is 0.416 e. The Morgan fingerprint density at radius 1 is 1.08 bits per heavy atom. The lowest BCUT2D eigenvalue weighted by Gasteiger charge is -2.37. The quantitative estimate of drug-likeness (QED) is 0.295. The van der Waals surface area contributed by atoms with Gasteiger partial charge in [-0.3, -0.25) is 4.79 Å². The van der Waals surface area contributed by atoms with E-state index in [2.05, 4.69) is 0 Å². The topological polar surface area (TPSA) is 70.1 Å². The van der Waals surface area contributed by atoms with Gasteiger partial charge in [0.25, 0.3) is 0 Å². The minimum Gasteiger partial charge on any atom is -0.377 e. The number of carbonyl (C=O) groups is 1. The second kappa shape index (κ2) is 12.2. The van der Waals surface area contributed by atoms with Gasteiger partial charge in [-0.05, 0) is 29.5 Å². The van der Waals surface area contributed by atoms with Crippen LogP contribution in [0.4, 0.5) is 17.6 Å². The van der Waals surface area contributed by atoms with E-state index in [1.54, 1.807) is 12.3 Å². The molecule has 0 fully saturated rings. The van der Waals surface area contributed by atoms with Crippen molar-refractivity contribution < 1.29 is 27.1 Å². The number of hydrogen-bond donors (Lipinski definition) is 1. The number of rotatable bonds is 11. The Bertz CT molecular complexity index is 1200. The molecule has 0 bridgehead atoms. The predicted molar refractivity (Wildman–Crippen MR) is 139 cm³/mol. The van der Waals surface area contributed by atoms with Crippen LogP contribution in [0, 0.1) is 11.3 Å². The van der Waals surface area contributed by atoms with Crippen molar-refractivity contribution in [3.8, 4) is 11.3 Å². The van der Waals surface area contributed by atoms with Gasteiger partial charge in [0.2, 0.25) is 0 Å². The molecule has 0 spiro atoms. The highest BCUT2D eigenvalue weighted by molar-refractivity contribution is 5.83. The second-order valence-corrected chi connectivity index (χ2v) is 10.6. The van der Waals surface area contributed by atoms with Gasteiger partial charge in [-0.25, -0.2) is 9.37 Å². The molecule has 0 aliphatic carbocycles. The van der Waals surface area contributed by atoms with E-state index < -0.39 is 35.2 Å². The van der Waals surface area contributed by atoms with E-state index in [0.717, 1.165) is 17.7 Å². The first-order valence-electron chi connectivity index (χ1n) is 12.5.